The Morgan fingerprint density at radius 2 is 1.11 bits per heavy atom. The molecule has 0 saturated heterocycles. The van der Waals surface area contributed by atoms with E-state index >= 15 is 0 Å². The van der Waals surface area contributed by atoms with Crippen LogP contribution in [-0.4, -0.2) is 36.1 Å². The Hall–Kier alpha value is 1.72. The van der Waals surface area contributed by atoms with Crippen LogP contribution in [0.2, 0.25) is 0 Å². The Labute approximate surface area is 138 Å². The second kappa shape index (κ2) is 8.88. The molecule has 2 aliphatic carbocycles. The summed E-state index contributed by atoms with van der Waals surface area (Å²) in [5, 5.41) is 0. The van der Waals surface area contributed by atoms with E-state index < -0.39 is 5.69 Å². The molecule has 0 aromatic rings. The molecule has 0 aromatic carbocycles. The Morgan fingerprint density at radius 3 is 1.44 bits per heavy atom. The van der Waals surface area contributed by atoms with Gasteiger partial charge in [0.05, 0.1) is 12.2 Å². The Balaban J connectivity index is 0.00000162. The molecule has 0 atom stereocenters. The molecule has 2 rings (SSSR count). The SMILES string of the molecule is S=P(S)(OC1CCCCC1)OC1CCCCC1.[SnH2]. The molecule has 18 heavy (non-hydrogen) atoms. The number of rotatable bonds is 4. The van der Waals surface area contributed by atoms with E-state index in [1.165, 1.54) is 38.5 Å². The third-order valence-corrected chi connectivity index (χ3v) is 5.88. The van der Waals surface area contributed by atoms with E-state index in [4.69, 9.17) is 20.9 Å². The normalized spacial score (nSPS) is 23.6. The average molecular weight is 415 g/mol. The van der Waals surface area contributed by atoms with Gasteiger partial charge in [-0.25, -0.2) is 0 Å². The second-order valence-electron chi connectivity index (χ2n) is 5.20. The first kappa shape index (κ1) is 17.8. The molecular formula is C12H25O2PS2Sn. The molecule has 2 aliphatic rings. The molecule has 0 aliphatic heterocycles. The molecule has 106 valence electrons. The third kappa shape index (κ3) is 6.45. The van der Waals surface area contributed by atoms with Gasteiger partial charge >= 0.3 is 23.9 Å². The van der Waals surface area contributed by atoms with Gasteiger partial charge in [0, 0.05) is 0 Å². The van der Waals surface area contributed by atoms with E-state index in [1.807, 2.05) is 0 Å². The summed E-state index contributed by atoms with van der Waals surface area (Å²) in [7, 11) is 0. The van der Waals surface area contributed by atoms with Crippen molar-refractivity contribution in [1.29, 1.82) is 0 Å². The molecule has 2 fully saturated rings. The molecule has 2 saturated carbocycles. The van der Waals surface area contributed by atoms with E-state index in [0.717, 1.165) is 25.7 Å². The van der Waals surface area contributed by atoms with Crippen LogP contribution in [0.4, 0.5) is 0 Å². The van der Waals surface area contributed by atoms with E-state index in [2.05, 4.69) is 12.2 Å². The molecule has 2 radical (unpaired) electrons. The molecular weight excluding hydrogens is 390 g/mol. The topological polar surface area (TPSA) is 18.5 Å². The van der Waals surface area contributed by atoms with Crippen LogP contribution >= 0.6 is 17.9 Å². The predicted octanol–water partition coefficient (Wildman–Crippen LogP) is 3.92. The number of hydrogen-bond acceptors (Lipinski definition) is 3. The summed E-state index contributed by atoms with van der Waals surface area (Å²) < 4.78 is 11.9. The minimum atomic E-state index is -2.30. The van der Waals surface area contributed by atoms with Crippen molar-refractivity contribution in [1.82, 2.24) is 0 Å². The molecule has 0 unspecified atom stereocenters. The van der Waals surface area contributed by atoms with Crippen LogP contribution < -0.4 is 0 Å². The van der Waals surface area contributed by atoms with Gasteiger partial charge in [0.25, 0.3) is 0 Å². The second-order valence-corrected chi connectivity index (χ2v) is 10.4. The fraction of sp³-hybridized carbons (Fsp3) is 1.00. The molecule has 0 N–H and O–H groups in total. The number of thiol groups is 1. The third-order valence-electron chi connectivity index (χ3n) is 3.67. The fourth-order valence-corrected chi connectivity index (χ4v) is 5.50. The molecule has 0 heterocycles. The van der Waals surface area contributed by atoms with Crippen LogP contribution in [0, 0.1) is 0 Å². The Kier molecular flexibility index (Phi) is 8.77. The Bertz CT molecular complexity index is 255. The predicted molar refractivity (Wildman–Crippen MR) is 87.7 cm³/mol. The van der Waals surface area contributed by atoms with Gasteiger partial charge in [-0.05, 0) is 37.5 Å². The molecule has 0 spiro atoms. The quantitative estimate of drug-likeness (QED) is 0.427. The van der Waals surface area contributed by atoms with Crippen LogP contribution in [0.3, 0.4) is 0 Å². The van der Waals surface area contributed by atoms with Crippen molar-refractivity contribution in [3.05, 3.63) is 0 Å². The fourth-order valence-electron chi connectivity index (χ4n) is 2.74. The molecule has 0 bridgehead atoms. The van der Waals surface area contributed by atoms with Gasteiger partial charge < -0.3 is 9.05 Å². The molecule has 0 aromatic heterocycles. The maximum atomic E-state index is 5.95. The van der Waals surface area contributed by atoms with E-state index in [-0.39, 0.29) is 23.9 Å². The van der Waals surface area contributed by atoms with Crippen molar-refractivity contribution < 1.29 is 9.05 Å². The summed E-state index contributed by atoms with van der Waals surface area (Å²) in [6.45, 7) is 0. The van der Waals surface area contributed by atoms with Gasteiger partial charge in [-0.3, -0.25) is 0 Å². The van der Waals surface area contributed by atoms with Crippen molar-refractivity contribution >= 4 is 53.7 Å². The van der Waals surface area contributed by atoms with Crippen LogP contribution in [-0.2, 0) is 20.9 Å². The minimum absolute atomic E-state index is 0. The van der Waals surface area contributed by atoms with Crippen LogP contribution in [0.1, 0.15) is 64.2 Å². The first-order chi connectivity index (χ1) is 8.16. The van der Waals surface area contributed by atoms with Crippen molar-refractivity contribution in [2.24, 2.45) is 0 Å². The molecule has 0 amide bonds. The summed E-state index contributed by atoms with van der Waals surface area (Å²) >= 11 is 9.92. The van der Waals surface area contributed by atoms with Crippen molar-refractivity contribution in [3.63, 3.8) is 0 Å². The molecule has 6 heteroatoms. The standard InChI is InChI=1S/C12H23O2PS2.Sn.2H/c16-15(17,13-11-7-3-1-4-8-11)14-12-9-5-2-6-10-12;;;/h11-12H,1-10H2,(H,16,17);;;. The zero-order chi connectivity index (χ0) is 12.1. The van der Waals surface area contributed by atoms with Gasteiger partial charge in [-0.1, -0.05) is 50.8 Å². The van der Waals surface area contributed by atoms with Gasteiger partial charge in [0.2, 0.25) is 5.69 Å². The first-order valence-electron chi connectivity index (χ1n) is 6.85. The van der Waals surface area contributed by atoms with Crippen molar-refractivity contribution in [2.75, 3.05) is 0 Å². The van der Waals surface area contributed by atoms with Gasteiger partial charge in [-0.15, -0.1) is 0 Å². The first-order valence-corrected chi connectivity index (χ1v) is 10.6. The van der Waals surface area contributed by atoms with Crippen molar-refractivity contribution in [2.45, 2.75) is 76.4 Å². The van der Waals surface area contributed by atoms with Crippen LogP contribution in [0.25, 0.3) is 0 Å². The summed E-state index contributed by atoms with van der Waals surface area (Å²) in [4.78, 5) is 0. The van der Waals surface area contributed by atoms with Gasteiger partial charge in [0.1, 0.15) is 0 Å². The van der Waals surface area contributed by atoms with E-state index in [0.29, 0.717) is 12.2 Å². The summed E-state index contributed by atoms with van der Waals surface area (Å²) in [5.74, 6) is 0. The molecule has 2 nitrogen and oxygen atoms in total. The van der Waals surface area contributed by atoms with Gasteiger partial charge in [0.15, 0.2) is 0 Å². The zero-order valence-corrected chi connectivity index (χ0v) is 17.7. The zero-order valence-electron chi connectivity index (χ0n) is 11.1. The summed E-state index contributed by atoms with van der Waals surface area (Å²) in [5.41, 5.74) is -2.30. The van der Waals surface area contributed by atoms with Crippen LogP contribution in [0.15, 0.2) is 0 Å². The van der Waals surface area contributed by atoms with Crippen molar-refractivity contribution in [3.8, 4) is 0 Å². The van der Waals surface area contributed by atoms with E-state index in [1.54, 1.807) is 0 Å². The Morgan fingerprint density at radius 1 is 0.778 bits per heavy atom. The number of hydrogen-bond donors (Lipinski definition) is 1. The summed E-state index contributed by atoms with van der Waals surface area (Å²) in [6.07, 6.45) is 12.8. The monoisotopic (exact) mass is 416 g/mol. The average Bonchev–Trinajstić information content (AvgIpc) is 2.30. The van der Waals surface area contributed by atoms with E-state index in [9.17, 15) is 0 Å². The maximum absolute atomic E-state index is 5.95. The van der Waals surface area contributed by atoms with Crippen LogP contribution in [0.5, 0.6) is 0 Å². The van der Waals surface area contributed by atoms with Gasteiger partial charge in [-0.2, -0.15) is 0 Å². The summed E-state index contributed by atoms with van der Waals surface area (Å²) in [6, 6.07) is 0.